The number of thiophene rings is 1. The zero-order chi connectivity index (χ0) is 20.9. The number of rotatable bonds is 6. The number of nitrogens with one attached hydrogen (secondary N) is 3. The Hall–Kier alpha value is -3.72. The number of aromatic nitrogens is 4. The molecular formula is C21H20N6O2S. The van der Waals surface area contributed by atoms with E-state index in [-0.39, 0.29) is 17.5 Å². The van der Waals surface area contributed by atoms with Crippen molar-refractivity contribution >= 4 is 23.2 Å². The maximum atomic E-state index is 12.5. The van der Waals surface area contributed by atoms with Gasteiger partial charge in [-0.25, -0.2) is 9.78 Å². The lowest BCUT2D eigenvalue weighted by Gasteiger charge is -2.09. The molecular weight excluding hydrogens is 400 g/mol. The SMILES string of the molecule is CCc1cc(=O)[nH]c(-n2nc(-c3ccccc3)cc2NC(=O)NCc2cccs2)n1. The van der Waals surface area contributed by atoms with E-state index in [1.54, 1.807) is 17.4 Å². The van der Waals surface area contributed by atoms with Gasteiger partial charge in [0, 0.05) is 28.3 Å². The van der Waals surface area contributed by atoms with Crippen LogP contribution in [0.5, 0.6) is 0 Å². The van der Waals surface area contributed by atoms with Crippen molar-refractivity contribution in [2.45, 2.75) is 19.9 Å². The smallest absolute Gasteiger partial charge is 0.320 e. The lowest BCUT2D eigenvalue weighted by atomic mass is 10.2. The van der Waals surface area contributed by atoms with Crippen LogP contribution in [-0.4, -0.2) is 25.8 Å². The lowest BCUT2D eigenvalue weighted by Crippen LogP contribution is -2.29. The summed E-state index contributed by atoms with van der Waals surface area (Å²) in [5, 5.41) is 12.2. The summed E-state index contributed by atoms with van der Waals surface area (Å²) in [6.45, 7) is 2.34. The van der Waals surface area contributed by atoms with Gasteiger partial charge in [0.05, 0.1) is 12.2 Å². The molecule has 3 heterocycles. The maximum absolute atomic E-state index is 12.5. The molecule has 0 saturated heterocycles. The van der Waals surface area contributed by atoms with Crippen molar-refractivity contribution in [3.05, 3.63) is 80.9 Å². The third-order valence-electron chi connectivity index (χ3n) is 4.37. The van der Waals surface area contributed by atoms with E-state index in [1.807, 2.05) is 54.8 Å². The molecule has 2 amide bonds. The summed E-state index contributed by atoms with van der Waals surface area (Å²) < 4.78 is 1.44. The minimum Gasteiger partial charge on any atom is -0.333 e. The number of urea groups is 1. The second-order valence-corrected chi connectivity index (χ2v) is 7.53. The molecule has 0 radical (unpaired) electrons. The number of amides is 2. The minimum atomic E-state index is -0.377. The van der Waals surface area contributed by atoms with Gasteiger partial charge in [-0.1, -0.05) is 43.3 Å². The van der Waals surface area contributed by atoms with E-state index in [1.165, 1.54) is 10.7 Å². The van der Waals surface area contributed by atoms with Crippen molar-refractivity contribution in [1.82, 2.24) is 25.1 Å². The normalized spacial score (nSPS) is 10.7. The molecule has 4 rings (SSSR count). The van der Waals surface area contributed by atoms with Crippen LogP contribution in [0.2, 0.25) is 0 Å². The Morgan fingerprint density at radius 1 is 1.17 bits per heavy atom. The average Bonchev–Trinajstić information content (AvgIpc) is 3.42. The first kappa shape index (κ1) is 19.6. The molecule has 0 bridgehead atoms. The molecule has 0 aliphatic heterocycles. The quantitative estimate of drug-likeness (QED) is 0.443. The summed E-state index contributed by atoms with van der Waals surface area (Å²) in [6.07, 6.45) is 0.605. The van der Waals surface area contributed by atoms with E-state index in [9.17, 15) is 9.59 Å². The molecule has 1 aromatic carbocycles. The van der Waals surface area contributed by atoms with Gasteiger partial charge in [-0.3, -0.25) is 15.1 Å². The summed E-state index contributed by atoms with van der Waals surface area (Å²) in [5.41, 5.74) is 1.89. The zero-order valence-electron chi connectivity index (χ0n) is 16.3. The highest BCUT2D eigenvalue weighted by Gasteiger charge is 2.16. The van der Waals surface area contributed by atoms with E-state index in [0.29, 0.717) is 30.2 Å². The van der Waals surface area contributed by atoms with Crippen LogP contribution >= 0.6 is 11.3 Å². The highest BCUT2D eigenvalue weighted by atomic mass is 32.1. The highest BCUT2D eigenvalue weighted by Crippen LogP contribution is 2.23. The fourth-order valence-corrected chi connectivity index (χ4v) is 3.54. The Labute approximate surface area is 176 Å². The molecule has 3 N–H and O–H groups in total. The first-order valence-corrected chi connectivity index (χ1v) is 10.3. The molecule has 0 saturated carbocycles. The van der Waals surface area contributed by atoms with Crippen molar-refractivity contribution in [3.63, 3.8) is 0 Å². The summed E-state index contributed by atoms with van der Waals surface area (Å²) in [7, 11) is 0. The van der Waals surface area contributed by atoms with Gasteiger partial charge < -0.3 is 5.32 Å². The predicted molar refractivity (Wildman–Crippen MR) is 117 cm³/mol. The van der Waals surface area contributed by atoms with Crippen molar-refractivity contribution in [3.8, 4) is 17.2 Å². The molecule has 4 aromatic rings. The van der Waals surface area contributed by atoms with Crippen molar-refractivity contribution in [2.75, 3.05) is 5.32 Å². The largest absolute Gasteiger partial charge is 0.333 e. The molecule has 152 valence electrons. The number of carbonyl (C=O) groups excluding carboxylic acids is 1. The van der Waals surface area contributed by atoms with Crippen LogP contribution in [-0.2, 0) is 13.0 Å². The summed E-state index contributed by atoms with van der Waals surface area (Å²) in [4.78, 5) is 32.7. The van der Waals surface area contributed by atoms with Crippen LogP contribution < -0.4 is 16.2 Å². The molecule has 0 fully saturated rings. The van der Waals surface area contributed by atoms with Gasteiger partial charge in [-0.2, -0.15) is 9.78 Å². The van der Waals surface area contributed by atoms with Crippen molar-refractivity contribution < 1.29 is 4.79 Å². The number of carbonyl (C=O) groups is 1. The van der Waals surface area contributed by atoms with Gasteiger partial charge >= 0.3 is 6.03 Å². The van der Waals surface area contributed by atoms with Crippen LogP contribution in [0, 0.1) is 0 Å². The third-order valence-corrected chi connectivity index (χ3v) is 5.25. The Balaban J connectivity index is 1.67. The number of anilines is 1. The first-order chi connectivity index (χ1) is 14.6. The topological polar surface area (TPSA) is 105 Å². The monoisotopic (exact) mass is 420 g/mol. The Morgan fingerprint density at radius 3 is 2.73 bits per heavy atom. The van der Waals surface area contributed by atoms with Crippen LogP contribution in [0.3, 0.4) is 0 Å². The van der Waals surface area contributed by atoms with Gasteiger partial charge in [0.25, 0.3) is 5.56 Å². The third kappa shape index (κ3) is 4.47. The van der Waals surface area contributed by atoms with E-state index < -0.39 is 0 Å². The average molecular weight is 420 g/mol. The van der Waals surface area contributed by atoms with Crippen molar-refractivity contribution in [1.29, 1.82) is 0 Å². The summed E-state index contributed by atoms with van der Waals surface area (Å²) >= 11 is 1.57. The number of hydrogen-bond acceptors (Lipinski definition) is 5. The number of aromatic amines is 1. The van der Waals surface area contributed by atoms with Crippen LogP contribution in [0.1, 0.15) is 17.5 Å². The minimum absolute atomic E-state index is 0.245. The Kier molecular flexibility index (Phi) is 5.71. The van der Waals surface area contributed by atoms with Crippen molar-refractivity contribution in [2.24, 2.45) is 0 Å². The van der Waals surface area contributed by atoms with E-state index >= 15 is 0 Å². The van der Waals surface area contributed by atoms with E-state index in [2.05, 4.69) is 25.7 Å². The second kappa shape index (κ2) is 8.75. The number of nitrogens with zero attached hydrogens (tertiary/aromatic N) is 3. The predicted octanol–water partition coefficient (Wildman–Crippen LogP) is 3.57. The fourth-order valence-electron chi connectivity index (χ4n) is 2.90. The van der Waals surface area contributed by atoms with Gasteiger partial charge in [0.2, 0.25) is 5.95 Å². The molecule has 0 spiro atoms. The molecule has 30 heavy (non-hydrogen) atoms. The Morgan fingerprint density at radius 2 is 2.00 bits per heavy atom. The highest BCUT2D eigenvalue weighted by molar-refractivity contribution is 7.09. The molecule has 0 unspecified atom stereocenters. The molecule has 3 aromatic heterocycles. The van der Waals surface area contributed by atoms with Gasteiger partial charge in [-0.05, 0) is 17.9 Å². The summed E-state index contributed by atoms with van der Waals surface area (Å²) in [6, 6.07) is 16.3. The molecule has 0 aliphatic carbocycles. The number of hydrogen-bond donors (Lipinski definition) is 3. The van der Waals surface area contributed by atoms with Crippen LogP contribution in [0.15, 0.2) is 64.8 Å². The van der Waals surface area contributed by atoms with E-state index in [0.717, 1.165) is 10.4 Å². The van der Waals surface area contributed by atoms with Crippen LogP contribution in [0.4, 0.5) is 10.6 Å². The first-order valence-electron chi connectivity index (χ1n) is 9.45. The lowest BCUT2D eigenvalue weighted by molar-refractivity contribution is 0.251. The van der Waals surface area contributed by atoms with E-state index in [4.69, 9.17) is 0 Å². The Bertz CT molecular complexity index is 1200. The standard InChI is InChI=1S/C21H20N6O2S/c1-2-15-11-19(28)25-20(23-15)27-18(12-17(26-27)14-7-4-3-5-8-14)24-21(29)22-13-16-9-6-10-30-16/h3-12H,2,13H2,1H3,(H2,22,24,29)(H,23,25,28). The number of benzene rings is 1. The molecule has 0 aliphatic rings. The van der Waals surface area contributed by atoms with Crippen LogP contribution in [0.25, 0.3) is 17.2 Å². The van der Waals surface area contributed by atoms with Gasteiger partial charge in [0.1, 0.15) is 5.82 Å². The number of H-pyrrole nitrogens is 1. The second-order valence-electron chi connectivity index (χ2n) is 6.49. The molecule has 9 heteroatoms. The maximum Gasteiger partial charge on any atom is 0.320 e. The summed E-state index contributed by atoms with van der Waals surface area (Å²) in [5.74, 6) is 0.643. The molecule has 8 nitrogen and oxygen atoms in total. The van der Waals surface area contributed by atoms with Gasteiger partial charge in [-0.15, -0.1) is 11.3 Å². The zero-order valence-corrected chi connectivity index (χ0v) is 17.1. The van der Waals surface area contributed by atoms with Gasteiger partial charge in [0.15, 0.2) is 0 Å². The fraction of sp³-hybridized carbons (Fsp3) is 0.143. The molecule has 0 atom stereocenters. The number of aryl methyl sites for hydroxylation is 1.